The van der Waals surface area contributed by atoms with Crippen molar-refractivity contribution >= 4 is 21.4 Å². The monoisotopic (exact) mass is 315 g/mol. The molecule has 2 N–H and O–H groups in total. The van der Waals surface area contributed by atoms with Crippen LogP contribution in [-0.2, 0) is 14.8 Å². The number of hydrogen-bond donors (Lipinski definition) is 1. The molecule has 1 atom stereocenters. The fourth-order valence-electron chi connectivity index (χ4n) is 2.19. The summed E-state index contributed by atoms with van der Waals surface area (Å²) >= 11 is 0. The molecule has 8 nitrogen and oxygen atoms in total. The standard InChI is InChI=1S/C12H17N3O5S/c1-2-10-8-14(5-6-20-10)21(18,19)12-4-3-9(13)7-11(12)15(16)17/h3-4,7,10H,2,5-6,8,13H2,1H3. The predicted molar refractivity (Wildman–Crippen MR) is 76.3 cm³/mol. The molecule has 0 saturated carbocycles. The van der Waals surface area contributed by atoms with E-state index in [9.17, 15) is 18.5 Å². The van der Waals surface area contributed by atoms with E-state index in [1.54, 1.807) is 0 Å². The third-order valence-electron chi connectivity index (χ3n) is 3.35. The van der Waals surface area contributed by atoms with Crippen LogP contribution in [0, 0.1) is 10.1 Å². The van der Waals surface area contributed by atoms with Crippen LogP contribution in [0.2, 0.25) is 0 Å². The average molecular weight is 315 g/mol. The molecule has 1 saturated heterocycles. The van der Waals surface area contributed by atoms with Crippen molar-refractivity contribution in [3.05, 3.63) is 28.3 Å². The van der Waals surface area contributed by atoms with Gasteiger partial charge in [0.05, 0.1) is 17.6 Å². The maximum absolute atomic E-state index is 12.6. The molecule has 0 spiro atoms. The Morgan fingerprint density at radius 2 is 2.24 bits per heavy atom. The predicted octanol–water partition coefficient (Wildman–Crippen LogP) is 0.977. The van der Waals surface area contributed by atoms with Crippen molar-refractivity contribution < 1.29 is 18.1 Å². The molecule has 1 aliphatic heterocycles. The van der Waals surface area contributed by atoms with E-state index in [-0.39, 0.29) is 36.4 Å². The maximum Gasteiger partial charge on any atom is 0.291 e. The Hall–Kier alpha value is -1.71. The summed E-state index contributed by atoms with van der Waals surface area (Å²) in [6, 6.07) is 3.58. The first-order chi connectivity index (χ1) is 9.86. The van der Waals surface area contributed by atoms with Crippen molar-refractivity contribution in [2.24, 2.45) is 0 Å². The molecule has 0 aliphatic carbocycles. The normalized spacial score (nSPS) is 20.3. The van der Waals surface area contributed by atoms with E-state index in [0.717, 1.165) is 6.07 Å². The van der Waals surface area contributed by atoms with Crippen LogP contribution in [0.4, 0.5) is 11.4 Å². The average Bonchev–Trinajstić information content (AvgIpc) is 2.46. The summed E-state index contributed by atoms with van der Waals surface area (Å²) in [6.07, 6.45) is 0.483. The van der Waals surface area contributed by atoms with Gasteiger partial charge >= 0.3 is 0 Å². The number of sulfonamides is 1. The van der Waals surface area contributed by atoms with E-state index >= 15 is 0 Å². The van der Waals surface area contributed by atoms with Crippen LogP contribution in [0.25, 0.3) is 0 Å². The highest BCUT2D eigenvalue weighted by Crippen LogP contribution is 2.29. The van der Waals surface area contributed by atoms with Crippen molar-refractivity contribution in [1.82, 2.24) is 4.31 Å². The molecule has 2 rings (SSSR count). The molecule has 116 valence electrons. The lowest BCUT2D eigenvalue weighted by Crippen LogP contribution is -2.45. The number of nitrogen functional groups attached to an aromatic ring is 1. The van der Waals surface area contributed by atoms with Gasteiger partial charge in [0.2, 0.25) is 10.0 Å². The topological polar surface area (TPSA) is 116 Å². The molecular formula is C12H17N3O5S. The SMILES string of the molecule is CCC1CN(S(=O)(=O)c2ccc(N)cc2[N+](=O)[O-])CCO1. The van der Waals surface area contributed by atoms with Gasteiger partial charge in [-0.2, -0.15) is 4.31 Å². The lowest BCUT2D eigenvalue weighted by molar-refractivity contribution is -0.387. The number of benzene rings is 1. The van der Waals surface area contributed by atoms with Gasteiger partial charge in [-0.05, 0) is 18.6 Å². The quantitative estimate of drug-likeness (QED) is 0.503. The first-order valence-electron chi connectivity index (χ1n) is 6.52. The fourth-order valence-corrected chi connectivity index (χ4v) is 3.79. The number of nitro groups is 1. The first-order valence-corrected chi connectivity index (χ1v) is 7.96. The summed E-state index contributed by atoms with van der Waals surface area (Å²) in [4.78, 5) is 10.00. The summed E-state index contributed by atoms with van der Waals surface area (Å²) in [6.45, 7) is 2.55. The molecule has 0 bridgehead atoms. The van der Waals surface area contributed by atoms with Crippen LogP contribution >= 0.6 is 0 Å². The third kappa shape index (κ3) is 3.14. The molecule has 21 heavy (non-hydrogen) atoms. The zero-order valence-corrected chi connectivity index (χ0v) is 12.4. The molecule has 0 radical (unpaired) electrons. The van der Waals surface area contributed by atoms with Crippen LogP contribution in [0.5, 0.6) is 0 Å². The van der Waals surface area contributed by atoms with E-state index < -0.39 is 20.6 Å². The second-order valence-corrected chi connectivity index (χ2v) is 6.65. The van der Waals surface area contributed by atoms with E-state index in [1.807, 2.05) is 6.92 Å². The van der Waals surface area contributed by atoms with Gasteiger partial charge in [0, 0.05) is 24.8 Å². The van der Waals surface area contributed by atoms with Gasteiger partial charge in [-0.25, -0.2) is 8.42 Å². The van der Waals surface area contributed by atoms with Crippen LogP contribution in [0.3, 0.4) is 0 Å². The number of anilines is 1. The highest BCUT2D eigenvalue weighted by Gasteiger charge is 2.34. The van der Waals surface area contributed by atoms with E-state index in [4.69, 9.17) is 10.5 Å². The summed E-state index contributed by atoms with van der Waals surface area (Å²) in [5.41, 5.74) is 5.14. The molecule has 1 aromatic carbocycles. The van der Waals surface area contributed by atoms with E-state index in [1.165, 1.54) is 16.4 Å². The molecule has 1 fully saturated rings. The maximum atomic E-state index is 12.6. The first kappa shape index (κ1) is 15.7. The summed E-state index contributed by atoms with van der Waals surface area (Å²) in [7, 11) is -3.94. The van der Waals surface area contributed by atoms with Crippen molar-refractivity contribution in [3.8, 4) is 0 Å². The highest BCUT2D eigenvalue weighted by atomic mass is 32.2. The zero-order valence-electron chi connectivity index (χ0n) is 11.6. The largest absolute Gasteiger partial charge is 0.399 e. The Morgan fingerprint density at radius 3 is 2.86 bits per heavy atom. The molecule has 0 aromatic heterocycles. The number of morpholine rings is 1. The Morgan fingerprint density at radius 1 is 1.52 bits per heavy atom. The molecule has 9 heteroatoms. The van der Waals surface area contributed by atoms with Gasteiger partial charge in [0.15, 0.2) is 4.90 Å². The number of nitro benzene ring substituents is 1. The minimum Gasteiger partial charge on any atom is -0.399 e. The number of ether oxygens (including phenoxy) is 1. The summed E-state index contributed by atoms with van der Waals surface area (Å²) < 4.78 is 31.9. The Labute approximate surface area is 122 Å². The van der Waals surface area contributed by atoms with Crippen LogP contribution in [-0.4, -0.2) is 43.4 Å². The van der Waals surface area contributed by atoms with Crippen LogP contribution < -0.4 is 5.73 Å². The molecular weight excluding hydrogens is 298 g/mol. The number of nitrogens with zero attached hydrogens (tertiary/aromatic N) is 2. The highest BCUT2D eigenvalue weighted by molar-refractivity contribution is 7.89. The van der Waals surface area contributed by atoms with Crippen molar-refractivity contribution in [3.63, 3.8) is 0 Å². The Balaban J connectivity index is 2.42. The van der Waals surface area contributed by atoms with Crippen LogP contribution in [0.1, 0.15) is 13.3 Å². The van der Waals surface area contributed by atoms with Gasteiger partial charge < -0.3 is 10.5 Å². The summed E-state index contributed by atoms with van der Waals surface area (Å²) in [5, 5.41) is 11.1. The van der Waals surface area contributed by atoms with Crippen molar-refractivity contribution in [2.75, 3.05) is 25.4 Å². The van der Waals surface area contributed by atoms with Crippen LogP contribution in [0.15, 0.2) is 23.1 Å². The Kier molecular flexibility index (Phi) is 4.45. The third-order valence-corrected chi connectivity index (χ3v) is 5.27. The number of nitrogens with two attached hydrogens (primary N) is 1. The molecule has 1 aliphatic rings. The van der Waals surface area contributed by atoms with Gasteiger partial charge in [0.1, 0.15) is 0 Å². The molecule has 0 amide bonds. The smallest absolute Gasteiger partial charge is 0.291 e. The van der Waals surface area contributed by atoms with E-state index in [0.29, 0.717) is 6.42 Å². The van der Waals surface area contributed by atoms with E-state index in [2.05, 4.69) is 0 Å². The summed E-state index contributed by atoms with van der Waals surface area (Å²) in [5.74, 6) is 0. The number of hydrogen-bond acceptors (Lipinski definition) is 6. The minimum absolute atomic E-state index is 0.147. The van der Waals surface area contributed by atoms with Gasteiger partial charge in [-0.1, -0.05) is 6.92 Å². The van der Waals surface area contributed by atoms with Gasteiger partial charge in [0.25, 0.3) is 5.69 Å². The second-order valence-electron chi connectivity index (χ2n) is 4.75. The van der Waals surface area contributed by atoms with Gasteiger partial charge in [-0.15, -0.1) is 0 Å². The lowest BCUT2D eigenvalue weighted by atomic mass is 10.2. The molecule has 1 heterocycles. The van der Waals surface area contributed by atoms with Crippen molar-refractivity contribution in [2.45, 2.75) is 24.3 Å². The molecule has 1 aromatic rings. The Bertz CT molecular complexity index is 646. The second kappa shape index (κ2) is 5.96. The molecule has 1 unspecified atom stereocenters. The minimum atomic E-state index is -3.94. The van der Waals surface area contributed by atoms with Crippen molar-refractivity contribution in [1.29, 1.82) is 0 Å². The fraction of sp³-hybridized carbons (Fsp3) is 0.500. The number of rotatable bonds is 4. The van der Waals surface area contributed by atoms with Gasteiger partial charge in [-0.3, -0.25) is 10.1 Å². The lowest BCUT2D eigenvalue weighted by Gasteiger charge is -2.31. The zero-order chi connectivity index (χ0) is 15.6.